The summed E-state index contributed by atoms with van der Waals surface area (Å²) in [6, 6.07) is 8.59. The van der Waals surface area contributed by atoms with E-state index >= 15 is 0 Å². The third-order valence-electron chi connectivity index (χ3n) is 4.97. The molecule has 2 N–H and O–H groups in total. The van der Waals surface area contributed by atoms with Crippen molar-refractivity contribution in [1.82, 2.24) is 14.4 Å². The zero-order valence-electron chi connectivity index (χ0n) is 14.9. The first-order chi connectivity index (χ1) is 13.0. The number of carboxylic acid groups (broad SMARTS) is 2. The number of carbonyl (C=O) groups is 2. The van der Waals surface area contributed by atoms with Crippen LogP contribution in [0.3, 0.4) is 0 Å². The molecule has 1 aromatic heterocycles. The van der Waals surface area contributed by atoms with E-state index in [0.29, 0.717) is 50.2 Å². The van der Waals surface area contributed by atoms with E-state index in [4.69, 9.17) is 10.4 Å². The lowest BCUT2D eigenvalue weighted by molar-refractivity contribution is -0.144. The molecule has 2 aromatic rings. The fourth-order valence-corrected chi connectivity index (χ4v) is 3.71. The van der Waals surface area contributed by atoms with Crippen molar-refractivity contribution in [2.45, 2.75) is 19.0 Å². The van der Waals surface area contributed by atoms with Crippen LogP contribution in [0.25, 0.3) is 10.9 Å². The van der Waals surface area contributed by atoms with Gasteiger partial charge >= 0.3 is 11.9 Å². The van der Waals surface area contributed by atoms with Crippen LogP contribution in [-0.4, -0.2) is 69.2 Å². The van der Waals surface area contributed by atoms with E-state index < -0.39 is 18.0 Å². The quantitative estimate of drug-likeness (QED) is 0.758. The fraction of sp³-hybridized carbons (Fsp3) is 0.421. The summed E-state index contributed by atoms with van der Waals surface area (Å²) in [7, 11) is 0. The summed E-state index contributed by atoms with van der Waals surface area (Å²) >= 11 is 0. The van der Waals surface area contributed by atoms with E-state index in [1.54, 1.807) is 16.8 Å². The Morgan fingerprint density at radius 2 is 1.85 bits per heavy atom. The summed E-state index contributed by atoms with van der Waals surface area (Å²) in [5, 5.41) is 28.5. The highest BCUT2D eigenvalue weighted by molar-refractivity contribution is 5.90. The van der Waals surface area contributed by atoms with E-state index in [1.165, 1.54) is 0 Å². The molecule has 0 radical (unpaired) electrons. The number of benzene rings is 1. The second-order valence-electron chi connectivity index (χ2n) is 6.65. The lowest BCUT2D eigenvalue weighted by atomic mass is 10.0. The van der Waals surface area contributed by atoms with Gasteiger partial charge in [0.05, 0.1) is 6.07 Å². The SMILES string of the molecule is N#CCCN1CCN([C@H](C(=O)O)c2cn(CC(=O)O)c3ccccc23)CC1. The summed E-state index contributed by atoms with van der Waals surface area (Å²) < 4.78 is 1.59. The summed E-state index contributed by atoms with van der Waals surface area (Å²) in [6.07, 6.45) is 2.12. The van der Waals surface area contributed by atoms with E-state index in [0.717, 1.165) is 5.39 Å². The van der Waals surface area contributed by atoms with Gasteiger partial charge in [0, 0.05) is 61.8 Å². The van der Waals surface area contributed by atoms with Gasteiger partial charge in [-0.1, -0.05) is 18.2 Å². The minimum atomic E-state index is -0.972. The number of fused-ring (bicyclic) bond motifs is 1. The lowest BCUT2D eigenvalue weighted by Gasteiger charge is -2.37. The van der Waals surface area contributed by atoms with Crippen molar-refractivity contribution in [2.24, 2.45) is 0 Å². The number of hydrogen-bond donors (Lipinski definition) is 2. The van der Waals surface area contributed by atoms with E-state index in [9.17, 15) is 14.7 Å². The molecule has 1 aliphatic rings. The maximum absolute atomic E-state index is 12.1. The smallest absolute Gasteiger partial charge is 0.325 e. The average Bonchev–Trinajstić information content (AvgIpc) is 2.99. The van der Waals surface area contributed by atoms with Crippen molar-refractivity contribution in [2.75, 3.05) is 32.7 Å². The maximum atomic E-state index is 12.1. The highest BCUT2D eigenvalue weighted by Gasteiger charge is 2.32. The summed E-state index contributed by atoms with van der Waals surface area (Å²) in [6.45, 7) is 3.06. The molecule has 1 atom stereocenters. The molecule has 1 aromatic carbocycles. The molecule has 0 unspecified atom stereocenters. The van der Waals surface area contributed by atoms with Crippen molar-refractivity contribution in [3.05, 3.63) is 36.0 Å². The van der Waals surface area contributed by atoms with Crippen LogP contribution < -0.4 is 0 Å². The van der Waals surface area contributed by atoms with Crippen LogP contribution in [0.2, 0.25) is 0 Å². The van der Waals surface area contributed by atoms with Gasteiger partial charge in [-0.25, -0.2) is 0 Å². The number of rotatable bonds is 7. The average molecular weight is 370 g/mol. The molecule has 0 saturated carbocycles. The van der Waals surface area contributed by atoms with Crippen molar-refractivity contribution in [1.29, 1.82) is 5.26 Å². The molecular weight excluding hydrogens is 348 g/mol. The van der Waals surface area contributed by atoms with Gasteiger partial charge in [0.25, 0.3) is 0 Å². The van der Waals surface area contributed by atoms with Gasteiger partial charge in [0.1, 0.15) is 12.6 Å². The molecule has 0 amide bonds. The predicted molar refractivity (Wildman–Crippen MR) is 98.2 cm³/mol. The Hall–Kier alpha value is -2.89. The number of nitriles is 1. The van der Waals surface area contributed by atoms with Crippen LogP contribution >= 0.6 is 0 Å². The monoisotopic (exact) mass is 370 g/mol. The predicted octanol–water partition coefficient (Wildman–Crippen LogP) is 1.38. The van der Waals surface area contributed by atoms with Crippen LogP contribution in [0.5, 0.6) is 0 Å². The highest BCUT2D eigenvalue weighted by atomic mass is 16.4. The molecule has 8 heteroatoms. The zero-order valence-corrected chi connectivity index (χ0v) is 14.9. The van der Waals surface area contributed by atoms with Gasteiger partial charge in [0.15, 0.2) is 0 Å². The Bertz CT molecular complexity index is 877. The molecule has 3 rings (SSSR count). The first kappa shape index (κ1) is 18.9. The van der Waals surface area contributed by atoms with Crippen molar-refractivity contribution >= 4 is 22.8 Å². The minimum Gasteiger partial charge on any atom is -0.480 e. The summed E-state index contributed by atoms with van der Waals surface area (Å²) in [4.78, 5) is 27.4. The van der Waals surface area contributed by atoms with Crippen molar-refractivity contribution in [3.63, 3.8) is 0 Å². The molecule has 0 bridgehead atoms. The maximum Gasteiger partial charge on any atom is 0.325 e. The molecule has 27 heavy (non-hydrogen) atoms. The van der Waals surface area contributed by atoms with Crippen molar-refractivity contribution < 1.29 is 19.8 Å². The highest BCUT2D eigenvalue weighted by Crippen LogP contribution is 2.31. The van der Waals surface area contributed by atoms with Crippen LogP contribution in [0.4, 0.5) is 0 Å². The molecule has 0 aliphatic carbocycles. The minimum absolute atomic E-state index is 0.214. The van der Waals surface area contributed by atoms with Crippen LogP contribution in [-0.2, 0) is 16.1 Å². The molecule has 2 heterocycles. The number of aliphatic carboxylic acids is 2. The molecule has 1 aliphatic heterocycles. The van der Waals surface area contributed by atoms with Gasteiger partial charge in [0.2, 0.25) is 0 Å². The third-order valence-corrected chi connectivity index (χ3v) is 4.97. The summed E-state index contributed by atoms with van der Waals surface area (Å²) in [5.41, 5.74) is 1.33. The normalized spacial score (nSPS) is 16.9. The molecule has 1 fully saturated rings. The van der Waals surface area contributed by atoms with Gasteiger partial charge in [-0.3, -0.25) is 19.4 Å². The molecule has 0 spiro atoms. The number of piperazine rings is 1. The van der Waals surface area contributed by atoms with Gasteiger partial charge in [-0.2, -0.15) is 5.26 Å². The van der Waals surface area contributed by atoms with E-state index in [2.05, 4.69) is 11.0 Å². The molecule has 1 saturated heterocycles. The number of aromatic nitrogens is 1. The second kappa shape index (κ2) is 8.20. The topological polar surface area (TPSA) is 110 Å². The van der Waals surface area contributed by atoms with Gasteiger partial charge in [-0.05, 0) is 6.07 Å². The Balaban J connectivity index is 1.89. The zero-order chi connectivity index (χ0) is 19.4. The number of carboxylic acids is 2. The van der Waals surface area contributed by atoms with Crippen LogP contribution in [0.1, 0.15) is 18.0 Å². The number of nitrogens with zero attached hydrogens (tertiary/aromatic N) is 4. The second-order valence-corrected chi connectivity index (χ2v) is 6.65. The first-order valence-corrected chi connectivity index (χ1v) is 8.87. The Kier molecular flexibility index (Phi) is 5.74. The largest absolute Gasteiger partial charge is 0.480 e. The van der Waals surface area contributed by atoms with Gasteiger partial charge in [-0.15, -0.1) is 0 Å². The standard InChI is InChI=1S/C19H22N4O4/c20-6-3-7-21-8-10-22(11-9-21)18(19(26)27)15-12-23(13-17(24)25)16-5-2-1-4-14(15)16/h1-2,4-5,12,18H,3,7-11,13H2,(H,24,25)(H,26,27)/t18-/m0/s1. The van der Waals surface area contributed by atoms with Crippen LogP contribution in [0.15, 0.2) is 30.5 Å². The molecule has 142 valence electrons. The third kappa shape index (κ3) is 4.10. The Labute approximate surface area is 156 Å². The summed E-state index contributed by atoms with van der Waals surface area (Å²) in [5.74, 6) is -1.92. The van der Waals surface area contributed by atoms with Gasteiger partial charge < -0.3 is 14.8 Å². The Morgan fingerprint density at radius 3 is 2.48 bits per heavy atom. The molecular formula is C19H22N4O4. The van der Waals surface area contributed by atoms with E-state index in [1.807, 2.05) is 23.1 Å². The number of hydrogen-bond acceptors (Lipinski definition) is 5. The van der Waals surface area contributed by atoms with Crippen molar-refractivity contribution in [3.8, 4) is 6.07 Å². The Morgan fingerprint density at radius 1 is 1.15 bits per heavy atom. The fourth-order valence-electron chi connectivity index (χ4n) is 3.71. The number of para-hydroxylation sites is 1. The lowest BCUT2D eigenvalue weighted by Crippen LogP contribution is -2.49. The van der Waals surface area contributed by atoms with E-state index in [-0.39, 0.29) is 6.54 Å². The molecule has 8 nitrogen and oxygen atoms in total. The van der Waals surface area contributed by atoms with Crippen LogP contribution in [0, 0.1) is 11.3 Å². The first-order valence-electron chi connectivity index (χ1n) is 8.87.